The predicted molar refractivity (Wildman–Crippen MR) is 71.8 cm³/mol. The summed E-state index contributed by atoms with van der Waals surface area (Å²) in [6, 6.07) is 0. The lowest BCUT2D eigenvalue weighted by Gasteiger charge is -2.23. The number of hydrogen-bond donors (Lipinski definition) is 1. The van der Waals surface area contributed by atoms with Gasteiger partial charge in [0, 0.05) is 0 Å². The Bertz CT molecular complexity index is 174. The third kappa shape index (κ3) is 6.29. The van der Waals surface area contributed by atoms with Crippen LogP contribution < -0.4 is 5.32 Å². The molecule has 0 aliphatic carbocycles. The van der Waals surface area contributed by atoms with E-state index < -0.39 is 0 Å². The molecule has 1 rings (SSSR count). The molecule has 1 heterocycles. The van der Waals surface area contributed by atoms with Crippen LogP contribution in [0.1, 0.15) is 38.5 Å². The van der Waals surface area contributed by atoms with Crippen molar-refractivity contribution in [2.24, 2.45) is 5.92 Å². The van der Waals surface area contributed by atoms with Gasteiger partial charge in [-0.25, -0.2) is 0 Å². The van der Waals surface area contributed by atoms with Gasteiger partial charge in [-0.05, 0) is 77.7 Å². The van der Waals surface area contributed by atoms with Gasteiger partial charge in [0.15, 0.2) is 0 Å². The molecular formula is C14H28N2. The van der Waals surface area contributed by atoms with Crippen molar-refractivity contribution < 1.29 is 0 Å². The van der Waals surface area contributed by atoms with E-state index in [9.17, 15) is 0 Å². The van der Waals surface area contributed by atoms with Gasteiger partial charge in [0.1, 0.15) is 0 Å². The highest BCUT2D eigenvalue weighted by molar-refractivity contribution is 4.70. The van der Waals surface area contributed by atoms with Crippen molar-refractivity contribution in [3.05, 3.63) is 12.7 Å². The summed E-state index contributed by atoms with van der Waals surface area (Å²) in [5.74, 6) is 0.940. The molecule has 0 radical (unpaired) electrons. The average molecular weight is 224 g/mol. The highest BCUT2D eigenvalue weighted by atomic mass is 15.1. The highest BCUT2D eigenvalue weighted by Gasteiger charge is 2.12. The van der Waals surface area contributed by atoms with Crippen LogP contribution in [-0.2, 0) is 0 Å². The first-order chi connectivity index (χ1) is 7.83. The van der Waals surface area contributed by atoms with Gasteiger partial charge < -0.3 is 10.2 Å². The van der Waals surface area contributed by atoms with Gasteiger partial charge in [0.05, 0.1) is 0 Å². The van der Waals surface area contributed by atoms with Gasteiger partial charge in [0.2, 0.25) is 0 Å². The van der Waals surface area contributed by atoms with E-state index in [0.29, 0.717) is 0 Å². The second-order valence-electron chi connectivity index (χ2n) is 5.09. The molecule has 0 saturated carbocycles. The van der Waals surface area contributed by atoms with Crippen molar-refractivity contribution in [1.29, 1.82) is 0 Å². The van der Waals surface area contributed by atoms with Crippen molar-refractivity contribution in [2.45, 2.75) is 38.5 Å². The molecule has 1 N–H and O–H groups in total. The largest absolute Gasteiger partial charge is 0.316 e. The fourth-order valence-electron chi connectivity index (χ4n) is 2.44. The highest BCUT2D eigenvalue weighted by Crippen LogP contribution is 2.15. The van der Waals surface area contributed by atoms with Crippen molar-refractivity contribution in [3.63, 3.8) is 0 Å². The van der Waals surface area contributed by atoms with Crippen molar-refractivity contribution >= 4 is 0 Å². The molecule has 1 aliphatic heterocycles. The van der Waals surface area contributed by atoms with E-state index in [1.165, 1.54) is 58.3 Å². The molecular weight excluding hydrogens is 196 g/mol. The topological polar surface area (TPSA) is 15.3 Å². The van der Waals surface area contributed by atoms with Gasteiger partial charge in [-0.3, -0.25) is 0 Å². The zero-order valence-electron chi connectivity index (χ0n) is 10.9. The molecule has 0 aromatic heterocycles. The molecule has 1 aliphatic rings. The number of nitrogens with one attached hydrogen (secondary N) is 1. The molecule has 2 heteroatoms. The van der Waals surface area contributed by atoms with Crippen molar-refractivity contribution in [3.8, 4) is 0 Å². The van der Waals surface area contributed by atoms with Crippen LogP contribution in [0.3, 0.4) is 0 Å². The molecule has 1 saturated heterocycles. The lowest BCUT2D eigenvalue weighted by atomic mass is 9.95. The van der Waals surface area contributed by atoms with Gasteiger partial charge in [-0.15, -0.1) is 6.58 Å². The fraction of sp³-hybridized carbons (Fsp3) is 0.857. The fourth-order valence-corrected chi connectivity index (χ4v) is 2.44. The minimum atomic E-state index is 0.940. The van der Waals surface area contributed by atoms with E-state index >= 15 is 0 Å². The Morgan fingerprint density at radius 2 is 2.19 bits per heavy atom. The molecule has 0 aromatic carbocycles. The van der Waals surface area contributed by atoms with Gasteiger partial charge in [-0.1, -0.05) is 6.08 Å². The Morgan fingerprint density at radius 1 is 1.38 bits per heavy atom. The van der Waals surface area contributed by atoms with E-state index in [1.807, 2.05) is 6.08 Å². The first kappa shape index (κ1) is 13.7. The zero-order chi connectivity index (χ0) is 11.6. The van der Waals surface area contributed by atoms with Crippen LogP contribution in [0.4, 0.5) is 0 Å². The molecule has 1 fully saturated rings. The average Bonchev–Trinajstić information content (AvgIpc) is 2.31. The minimum absolute atomic E-state index is 0.940. The summed E-state index contributed by atoms with van der Waals surface area (Å²) in [4.78, 5) is 2.46. The Hall–Kier alpha value is -0.340. The van der Waals surface area contributed by atoms with E-state index in [0.717, 1.165) is 12.3 Å². The maximum atomic E-state index is 3.76. The minimum Gasteiger partial charge on any atom is -0.316 e. The summed E-state index contributed by atoms with van der Waals surface area (Å²) in [6.07, 6.45) is 9.99. The van der Waals surface area contributed by atoms with Gasteiger partial charge >= 0.3 is 0 Å². The Kier molecular flexibility index (Phi) is 7.52. The summed E-state index contributed by atoms with van der Waals surface area (Å²) in [6.45, 7) is 8.71. The van der Waals surface area contributed by atoms with E-state index in [2.05, 4.69) is 23.8 Å². The van der Waals surface area contributed by atoms with Crippen LogP contribution in [0.2, 0.25) is 0 Å². The summed E-state index contributed by atoms with van der Waals surface area (Å²) < 4.78 is 0. The van der Waals surface area contributed by atoms with Crippen LogP contribution in [-0.4, -0.2) is 38.1 Å². The SMILES string of the molecule is C=CCCCN(C)CCCC1CCCNC1. The van der Waals surface area contributed by atoms with Gasteiger partial charge in [-0.2, -0.15) is 0 Å². The molecule has 0 aromatic rings. The van der Waals surface area contributed by atoms with Crippen LogP contribution in [0.15, 0.2) is 12.7 Å². The molecule has 1 unspecified atom stereocenters. The Balaban J connectivity index is 1.94. The third-order valence-corrected chi connectivity index (χ3v) is 3.50. The molecule has 94 valence electrons. The van der Waals surface area contributed by atoms with E-state index in [4.69, 9.17) is 0 Å². The third-order valence-electron chi connectivity index (χ3n) is 3.50. The molecule has 0 bridgehead atoms. The quantitative estimate of drug-likeness (QED) is 0.504. The smallest absolute Gasteiger partial charge is 0.00188 e. The number of hydrogen-bond acceptors (Lipinski definition) is 2. The summed E-state index contributed by atoms with van der Waals surface area (Å²) in [7, 11) is 2.24. The Morgan fingerprint density at radius 3 is 2.88 bits per heavy atom. The number of piperidine rings is 1. The summed E-state index contributed by atoms with van der Waals surface area (Å²) >= 11 is 0. The first-order valence-electron chi connectivity index (χ1n) is 6.83. The zero-order valence-corrected chi connectivity index (χ0v) is 10.9. The normalized spacial score (nSPS) is 21.2. The second-order valence-corrected chi connectivity index (χ2v) is 5.09. The maximum absolute atomic E-state index is 3.76. The second kappa shape index (κ2) is 8.77. The monoisotopic (exact) mass is 224 g/mol. The predicted octanol–water partition coefficient (Wildman–Crippen LogP) is 2.66. The van der Waals surface area contributed by atoms with Crippen LogP contribution in [0.25, 0.3) is 0 Å². The molecule has 16 heavy (non-hydrogen) atoms. The maximum Gasteiger partial charge on any atom is -0.00188 e. The van der Waals surface area contributed by atoms with Crippen LogP contribution in [0, 0.1) is 5.92 Å². The van der Waals surface area contributed by atoms with E-state index in [1.54, 1.807) is 0 Å². The van der Waals surface area contributed by atoms with Crippen molar-refractivity contribution in [2.75, 3.05) is 33.2 Å². The number of nitrogens with zero attached hydrogens (tertiary/aromatic N) is 1. The van der Waals surface area contributed by atoms with Crippen LogP contribution >= 0.6 is 0 Å². The molecule has 0 amide bonds. The van der Waals surface area contributed by atoms with Gasteiger partial charge in [0.25, 0.3) is 0 Å². The van der Waals surface area contributed by atoms with Crippen molar-refractivity contribution in [1.82, 2.24) is 10.2 Å². The molecule has 2 nitrogen and oxygen atoms in total. The summed E-state index contributed by atoms with van der Waals surface area (Å²) in [5.41, 5.74) is 0. The number of rotatable bonds is 8. The summed E-state index contributed by atoms with van der Waals surface area (Å²) in [5, 5.41) is 3.49. The molecule has 1 atom stereocenters. The lowest BCUT2D eigenvalue weighted by Crippen LogP contribution is -2.30. The number of unbranched alkanes of at least 4 members (excludes halogenated alkanes) is 1. The number of allylic oxidation sites excluding steroid dienone is 1. The first-order valence-corrected chi connectivity index (χ1v) is 6.83. The lowest BCUT2D eigenvalue weighted by molar-refractivity contribution is 0.291. The standard InChI is InChI=1S/C14H28N2/c1-3-4-5-11-16(2)12-7-9-14-8-6-10-15-13-14/h3,14-15H,1,4-13H2,2H3. The Labute approximate surface area is 101 Å². The van der Waals surface area contributed by atoms with E-state index in [-0.39, 0.29) is 0 Å². The molecule has 0 spiro atoms. The van der Waals surface area contributed by atoms with Crippen LogP contribution in [0.5, 0.6) is 0 Å².